The third-order valence-electron chi connectivity index (χ3n) is 4.40. The molecule has 0 fully saturated rings. The van der Waals surface area contributed by atoms with Gasteiger partial charge in [0.1, 0.15) is 0 Å². The van der Waals surface area contributed by atoms with Crippen LogP contribution in [0.15, 0.2) is 36.4 Å². The Morgan fingerprint density at radius 2 is 1.57 bits per heavy atom. The number of rotatable bonds is 8. The van der Waals surface area contributed by atoms with Crippen LogP contribution in [0.3, 0.4) is 0 Å². The smallest absolute Gasteiger partial charge is 0.0723 e. The summed E-state index contributed by atoms with van der Waals surface area (Å²) in [5, 5.41) is 0. The molecule has 2 nitrogen and oxygen atoms in total. The van der Waals surface area contributed by atoms with Gasteiger partial charge in [-0.2, -0.15) is 0 Å². The van der Waals surface area contributed by atoms with Crippen LogP contribution in [0.25, 0.3) is 11.1 Å². The highest BCUT2D eigenvalue weighted by Gasteiger charge is 2.22. The van der Waals surface area contributed by atoms with E-state index >= 15 is 0 Å². The van der Waals surface area contributed by atoms with E-state index in [9.17, 15) is 0 Å². The van der Waals surface area contributed by atoms with Crippen molar-refractivity contribution in [1.82, 2.24) is 0 Å². The van der Waals surface area contributed by atoms with Crippen molar-refractivity contribution < 1.29 is 9.47 Å². The minimum atomic E-state index is 0.683. The Morgan fingerprint density at radius 1 is 0.826 bits per heavy atom. The Kier molecular flexibility index (Phi) is 5.47. The average molecular weight is 310 g/mol. The molecule has 1 aliphatic rings. The van der Waals surface area contributed by atoms with Crippen LogP contribution in [-0.2, 0) is 29.1 Å². The van der Waals surface area contributed by atoms with Crippen LogP contribution in [0, 0.1) is 0 Å². The quantitative estimate of drug-likeness (QED) is 0.538. The second kappa shape index (κ2) is 7.76. The van der Waals surface area contributed by atoms with Gasteiger partial charge in [-0.05, 0) is 52.6 Å². The van der Waals surface area contributed by atoms with Crippen molar-refractivity contribution in [2.75, 3.05) is 13.2 Å². The van der Waals surface area contributed by atoms with Gasteiger partial charge in [0, 0.05) is 13.2 Å². The van der Waals surface area contributed by atoms with Gasteiger partial charge in [-0.25, -0.2) is 0 Å². The van der Waals surface area contributed by atoms with Gasteiger partial charge >= 0.3 is 0 Å². The van der Waals surface area contributed by atoms with Crippen LogP contribution in [-0.4, -0.2) is 13.2 Å². The predicted octanol–water partition coefficient (Wildman–Crippen LogP) is 5.11. The zero-order valence-electron chi connectivity index (χ0n) is 14.2. The monoisotopic (exact) mass is 310 g/mol. The van der Waals surface area contributed by atoms with Crippen molar-refractivity contribution >= 4 is 0 Å². The Balaban J connectivity index is 1.91. The van der Waals surface area contributed by atoms with Crippen LogP contribution >= 0.6 is 0 Å². The maximum atomic E-state index is 5.88. The van der Waals surface area contributed by atoms with Gasteiger partial charge in [-0.1, -0.05) is 50.2 Å². The molecule has 0 radical (unpaired) electrons. The first kappa shape index (κ1) is 16.2. The number of benzene rings is 2. The standard InChI is InChI=1S/C21H26O2/c1-3-11-22-14-17-9-10-19-18-8-6-5-7-16(18)13-20(19)21(17)15-23-12-4-2/h5-10H,3-4,11-15H2,1-2H3. The number of fused-ring (bicyclic) bond motifs is 3. The molecule has 0 bridgehead atoms. The van der Waals surface area contributed by atoms with Crippen LogP contribution in [0.4, 0.5) is 0 Å². The first-order valence-corrected chi connectivity index (χ1v) is 8.72. The van der Waals surface area contributed by atoms with E-state index in [-0.39, 0.29) is 0 Å². The molecule has 0 saturated carbocycles. The van der Waals surface area contributed by atoms with Crippen molar-refractivity contribution in [1.29, 1.82) is 0 Å². The minimum Gasteiger partial charge on any atom is -0.377 e. The highest BCUT2D eigenvalue weighted by Crippen LogP contribution is 2.39. The zero-order chi connectivity index (χ0) is 16.1. The van der Waals surface area contributed by atoms with Gasteiger partial charge in [-0.3, -0.25) is 0 Å². The molecular weight excluding hydrogens is 284 g/mol. The fraction of sp³-hybridized carbons (Fsp3) is 0.429. The van der Waals surface area contributed by atoms with E-state index in [1.165, 1.54) is 33.4 Å². The number of hydrogen-bond acceptors (Lipinski definition) is 2. The second-order valence-electron chi connectivity index (χ2n) is 6.17. The Labute approximate surface area is 139 Å². The summed E-state index contributed by atoms with van der Waals surface area (Å²) in [5.41, 5.74) is 8.21. The van der Waals surface area contributed by atoms with Crippen molar-refractivity contribution in [3.05, 3.63) is 58.7 Å². The fourth-order valence-electron chi connectivity index (χ4n) is 3.28. The number of ether oxygens (including phenoxy) is 2. The van der Waals surface area contributed by atoms with Gasteiger partial charge < -0.3 is 9.47 Å². The summed E-state index contributed by atoms with van der Waals surface area (Å²) in [7, 11) is 0. The predicted molar refractivity (Wildman–Crippen MR) is 94.6 cm³/mol. The zero-order valence-corrected chi connectivity index (χ0v) is 14.2. The second-order valence-corrected chi connectivity index (χ2v) is 6.17. The van der Waals surface area contributed by atoms with Crippen LogP contribution < -0.4 is 0 Å². The van der Waals surface area contributed by atoms with E-state index in [1.54, 1.807) is 0 Å². The van der Waals surface area contributed by atoms with Gasteiger partial charge in [0.15, 0.2) is 0 Å². The molecule has 0 aliphatic heterocycles. The maximum absolute atomic E-state index is 5.88. The molecule has 0 spiro atoms. The lowest BCUT2D eigenvalue weighted by molar-refractivity contribution is 0.107. The molecule has 0 heterocycles. The van der Waals surface area contributed by atoms with E-state index in [4.69, 9.17) is 9.47 Å². The normalized spacial score (nSPS) is 12.3. The third-order valence-corrected chi connectivity index (χ3v) is 4.40. The van der Waals surface area contributed by atoms with Crippen LogP contribution in [0.5, 0.6) is 0 Å². The van der Waals surface area contributed by atoms with E-state index in [0.29, 0.717) is 13.2 Å². The van der Waals surface area contributed by atoms with Gasteiger partial charge in [0.2, 0.25) is 0 Å². The fourth-order valence-corrected chi connectivity index (χ4v) is 3.28. The molecule has 0 unspecified atom stereocenters. The first-order chi connectivity index (χ1) is 11.3. The number of hydrogen-bond donors (Lipinski definition) is 0. The molecular formula is C21H26O2. The lowest BCUT2D eigenvalue weighted by Gasteiger charge is -2.15. The van der Waals surface area contributed by atoms with Crippen molar-refractivity contribution in [2.45, 2.75) is 46.3 Å². The van der Waals surface area contributed by atoms with E-state index < -0.39 is 0 Å². The summed E-state index contributed by atoms with van der Waals surface area (Å²) in [6.07, 6.45) is 3.12. The highest BCUT2D eigenvalue weighted by atomic mass is 16.5. The SMILES string of the molecule is CCCOCc1ccc2c(c1COCCC)Cc1ccccc1-2. The summed E-state index contributed by atoms with van der Waals surface area (Å²) in [6, 6.07) is 13.2. The maximum Gasteiger partial charge on any atom is 0.0723 e. The Hall–Kier alpha value is -1.64. The topological polar surface area (TPSA) is 18.5 Å². The molecule has 2 aromatic carbocycles. The van der Waals surface area contributed by atoms with E-state index in [2.05, 4.69) is 50.2 Å². The molecule has 122 valence electrons. The Bertz CT molecular complexity index is 661. The van der Waals surface area contributed by atoms with Crippen molar-refractivity contribution in [3.8, 4) is 11.1 Å². The molecule has 0 atom stereocenters. The van der Waals surface area contributed by atoms with Gasteiger partial charge in [-0.15, -0.1) is 0 Å². The molecule has 0 saturated heterocycles. The van der Waals surface area contributed by atoms with E-state index in [0.717, 1.165) is 32.5 Å². The molecule has 0 amide bonds. The lowest BCUT2D eigenvalue weighted by Crippen LogP contribution is -2.05. The van der Waals surface area contributed by atoms with Gasteiger partial charge in [0.05, 0.1) is 13.2 Å². The molecule has 0 N–H and O–H groups in total. The molecule has 0 aromatic heterocycles. The van der Waals surface area contributed by atoms with Crippen molar-refractivity contribution in [3.63, 3.8) is 0 Å². The summed E-state index contributed by atoms with van der Waals surface area (Å²) in [4.78, 5) is 0. The summed E-state index contributed by atoms with van der Waals surface area (Å²) >= 11 is 0. The summed E-state index contributed by atoms with van der Waals surface area (Å²) in [5.74, 6) is 0. The summed E-state index contributed by atoms with van der Waals surface area (Å²) in [6.45, 7) is 7.29. The summed E-state index contributed by atoms with van der Waals surface area (Å²) < 4.78 is 11.7. The molecule has 1 aliphatic carbocycles. The minimum absolute atomic E-state index is 0.683. The lowest BCUT2D eigenvalue weighted by atomic mass is 9.97. The highest BCUT2D eigenvalue weighted by molar-refractivity contribution is 5.78. The molecule has 2 heteroatoms. The van der Waals surface area contributed by atoms with Crippen LogP contribution in [0.1, 0.15) is 48.9 Å². The van der Waals surface area contributed by atoms with Crippen molar-refractivity contribution in [2.24, 2.45) is 0 Å². The van der Waals surface area contributed by atoms with Gasteiger partial charge in [0.25, 0.3) is 0 Å². The van der Waals surface area contributed by atoms with E-state index in [1.807, 2.05) is 0 Å². The third kappa shape index (κ3) is 3.49. The molecule has 2 aromatic rings. The molecule has 23 heavy (non-hydrogen) atoms. The first-order valence-electron chi connectivity index (χ1n) is 8.72. The largest absolute Gasteiger partial charge is 0.377 e. The Morgan fingerprint density at radius 3 is 2.35 bits per heavy atom. The molecule has 3 rings (SSSR count). The van der Waals surface area contributed by atoms with Crippen LogP contribution in [0.2, 0.25) is 0 Å². The average Bonchev–Trinajstić information content (AvgIpc) is 2.95.